The second-order valence-corrected chi connectivity index (χ2v) is 6.38. The first-order valence-corrected chi connectivity index (χ1v) is 8.49. The molecule has 0 spiro atoms. The van der Waals surface area contributed by atoms with Gasteiger partial charge in [0.25, 0.3) is 0 Å². The molecular weight excluding hydrogens is 330 g/mol. The standard InChI is InChI=1S/C21H21NO4/c1-3-13(2)19(20(23)24)22-21(25)26-12-18-16-10-6-4-8-14(16)15-9-5-7-11-17(15)18/h3-11,13,18-19H,1,12H2,2H3,(H,22,25)(H,23,24)/t13-,19+/m1/s1. The average molecular weight is 351 g/mol. The first-order chi connectivity index (χ1) is 12.5. The van der Waals surface area contributed by atoms with E-state index in [1.165, 1.54) is 6.08 Å². The Balaban J connectivity index is 1.73. The van der Waals surface area contributed by atoms with E-state index in [1.54, 1.807) is 6.92 Å². The number of nitrogens with one attached hydrogen (secondary N) is 1. The third-order valence-corrected chi connectivity index (χ3v) is 4.78. The summed E-state index contributed by atoms with van der Waals surface area (Å²) in [7, 11) is 0. The maximum atomic E-state index is 12.1. The molecule has 0 bridgehead atoms. The van der Waals surface area contributed by atoms with Crippen LogP contribution in [0.5, 0.6) is 0 Å². The van der Waals surface area contributed by atoms with E-state index in [0.29, 0.717) is 0 Å². The highest BCUT2D eigenvalue weighted by Crippen LogP contribution is 2.44. The highest BCUT2D eigenvalue weighted by Gasteiger charge is 2.30. The van der Waals surface area contributed by atoms with Crippen molar-refractivity contribution in [3.63, 3.8) is 0 Å². The molecule has 0 aliphatic heterocycles. The predicted molar refractivity (Wildman–Crippen MR) is 99.0 cm³/mol. The number of alkyl carbamates (subject to hydrolysis) is 1. The van der Waals surface area contributed by atoms with Gasteiger partial charge in [0, 0.05) is 11.8 Å². The molecule has 1 amide bonds. The first kappa shape index (κ1) is 17.7. The number of hydrogen-bond acceptors (Lipinski definition) is 3. The zero-order valence-corrected chi connectivity index (χ0v) is 14.5. The number of carbonyl (C=O) groups is 2. The van der Waals surface area contributed by atoms with Gasteiger partial charge < -0.3 is 15.2 Å². The molecule has 2 aromatic rings. The first-order valence-electron chi connectivity index (χ1n) is 8.49. The molecule has 2 aromatic carbocycles. The van der Waals surface area contributed by atoms with E-state index in [2.05, 4.69) is 24.0 Å². The third kappa shape index (κ3) is 3.33. The van der Waals surface area contributed by atoms with Gasteiger partial charge in [-0.15, -0.1) is 6.58 Å². The largest absolute Gasteiger partial charge is 0.480 e. The van der Waals surface area contributed by atoms with Gasteiger partial charge in [-0.25, -0.2) is 9.59 Å². The molecule has 2 atom stereocenters. The molecule has 0 unspecified atom stereocenters. The van der Waals surface area contributed by atoms with Crippen molar-refractivity contribution in [1.29, 1.82) is 0 Å². The Morgan fingerprint density at radius 1 is 1.15 bits per heavy atom. The Kier molecular flexibility index (Phi) is 5.07. The van der Waals surface area contributed by atoms with Gasteiger partial charge in [-0.2, -0.15) is 0 Å². The minimum absolute atomic E-state index is 0.0618. The molecule has 0 fully saturated rings. The summed E-state index contributed by atoms with van der Waals surface area (Å²) in [4.78, 5) is 23.4. The summed E-state index contributed by atoms with van der Waals surface area (Å²) >= 11 is 0. The van der Waals surface area contributed by atoms with Gasteiger partial charge >= 0.3 is 12.1 Å². The Morgan fingerprint density at radius 3 is 2.19 bits per heavy atom. The smallest absolute Gasteiger partial charge is 0.407 e. The minimum Gasteiger partial charge on any atom is -0.480 e. The SMILES string of the molecule is C=C[C@@H](C)[C@H](NC(=O)OCC1c2ccccc2-c2ccccc21)C(=O)O. The van der Waals surface area contributed by atoms with Gasteiger partial charge in [-0.05, 0) is 22.3 Å². The normalized spacial score (nSPS) is 14.7. The van der Waals surface area contributed by atoms with E-state index in [4.69, 9.17) is 4.74 Å². The number of ether oxygens (including phenoxy) is 1. The Labute approximate surface area is 152 Å². The van der Waals surface area contributed by atoms with Crippen molar-refractivity contribution < 1.29 is 19.4 Å². The van der Waals surface area contributed by atoms with Crippen LogP contribution in [0, 0.1) is 5.92 Å². The number of benzene rings is 2. The average Bonchev–Trinajstić information content (AvgIpc) is 2.97. The lowest BCUT2D eigenvalue weighted by molar-refractivity contribution is -0.140. The third-order valence-electron chi connectivity index (χ3n) is 4.78. The summed E-state index contributed by atoms with van der Waals surface area (Å²) in [6, 6.07) is 15.0. The van der Waals surface area contributed by atoms with Crippen LogP contribution in [-0.4, -0.2) is 29.8 Å². The van der Waals surface area contributed by atoms with Crippen molar-refractivity contribution in [2.45, 2.75) is 18.9 Å². The molecule has 26 heavy (non-hydrogen) atoms. The summed E-state index contributed by atoms with van der Waals surface area (Å²) in [6.07, 6.45) is 0.746. The lowest BCUT2D eigenvalue weighted by atomic mass is 9.98. The fraction of sp³-hybridized carbons (Fsp3) is 0.238. The number of carboxylic acids is 1. The van der Waals surface area contributed by atoms with Gasteiger partial charge in [0.2, 0.25) is 0 Å². The number of hydrogen-bond donors (Lipinski definition) is 2. The molecule has 1 aliphatic carbocycles. The number of aliphatic carboxylic acids is 1. The molecule has 3 rings (SSSR count). The Bertz CT molecular complexity index is 800. The molecule has 134 valence electrons. The van der Waals surface area contributed by atoms with Crippen molar-refractivity contribution in [3.05, 3.63) is 72.3 Å². The van der Waals surface area contributed by atoms with Crippen LogP contribution < -0.4 is 5.32 Å². The van der Waals surface area contributed by atoms with Gasteiger partial charge in [-0.3, -0.25) is 0 Å². The van der Waals surface area contributed by atoms with Crippen LogP contribution in [0.1, 0.15) is 24.0 Å². The number of amides is 1. The zero-order chi connectivity index (χ0) is 18.7. The van der Waals surface area contributed by atoms with Gasteiger partial charge in [0.15, 0.2) is 0 Å². The van der Waals surface area contributed by atoms with Crippen molar-refractivity contribution >= 4 is 12.1 Å². The second kappa shape index (κ2) is 7.44. The van der Waals surface area contributed by atoms with Crippen LogP contribution in [0.3, 0.4) is 0 Å². The summed E-state index contributed by atoms with van der Waals surface area (Å²) in [5.41, 5.74) is 4.49. The number of carboxylic acid groups (broad SMARTS) is 1. The maximum absolute atomic E-state index is 12.1. The molecule has 0 aromatic heterocycles. The molecular formula is C21H21NO4. The molecule has 0 heterocycles. The van der Waals surface area contributed by atoms with E-state index >= 15 is 0 Å². The minimum atomic E-state index is -1.12. The fourth-order valence-electron chi connectivity index (χ4n) is 3.32. The number of rotatable bonds is 6. The molecule has 2 N–H and O–H groups in total. The number of carbonyl (C=O) groups excluding carboxylic acids is 1. The molecule has 5 nitrogen and oxygen atoms in total. The fourth-order valence-corrected chi connectivity index (χ4v) is 3.32. The lowest BCUT2D eigenvalue weighted by Gasteiger charge is -2.19. The predicted octanol–water partition coefficient (Wildman–Crippen LogP) is 3.80. The summed E-state index contributed by atoms with van der Waals surface area (Å²) in [6.45, 7) is 5.40. The Hall–Kier alpha value is -3.08. The van der Waals surface area contributed by atoms with E-state index in [9.17, 15) is 14.7 Å². The topological polar surface area (TPSA) is 75.6 Å². The van der Waals surface area contributed by atoms with Crippen LogP contribution in [0.2, 0.25) is 0 Å². The van der Waals surface area contributed by atoms with E-state index in [1.807, 2.05) is 36.4 Å². The Morgan fingerprint density at radius 2 is 1.69 bits per heavy atom. The lowest BCUT2D eigenvalue weighted by Crippen LogP contribution is -2.45. The van der Waals surface area contributed by atoms with Crippen LogP contribution in [0.15, 0.2) is 61.2 Å². The van der Waals surface area contributed by atoms with Gasteiger partial charge in [0.05, 0.1) is 0 Å². The second-order valence-electron chi connectivity index (χ2n) is 6.38. The molecule has 0 saturated carbocycles. The van der Waals surface area contributed by atoms with Crippen LogP contribution in [-0.2, 0) is 9.53 Å². The van der Waals surface area contributed by atoms with Crippen molar-refractivity contribution in [2.75, 3.05) is 6.61 Å². The van der Waals surface area contributed by atoms with Crippen LogP contribution >= 0.6 is 0 Å². The monoisotopic (exact) mass is 351 g/mol. The zero-order valence-electron chi connectivity index (χ0n) is 14.5. The van der Waals surface area contributed by atoms with Crippen molar-refractivity contribution in [3.8, 4) is 11.1 Å². The highest BCUT2D eigenvalue weighted by atomic mass is 16.5. The summed E-state index contributed by atoms with van der Waals surface area (Å²) in [5.74, 6) is -1.59. The molecule has 0 radical (unpaired) electrons. The van der Waals surface area contributed by atoms with Crippen molar-refractivity contribution in [2.24, 2.45) is 5.92 Å². The number of fused-ring (bicyclic) bond motifs is 3. The summed E-state index contributed by atoms with van der Waals surface area (Å²) in [5, 5.41) is 11.7. The van der Waals surface area contributed by atoms with Crippen LogP contribution in [0.4, 0.5) is 4.79 Å². The van der Waals surface area contributed by atoms with E-state index in [0.717, 1.165) is 22.3 Å². The maximum Gasteiger partial charge on any atom is 0.407 e. The van der Waals surface area contributed by atoms with E-state index < -0.39 is 24.0 Å². The van der Waals surface area contributed by atoms with Gasteiger partial charge in [0.1, 0.15) is 12.6 Å². The van der Waals surface area contributed by atoms with E-state index in [-0.39, 0.29) is 12.5 Å². The highest BCUT2D eigenvalue weighted by molar-refractivity contribution is 5.81. The summed E-state index contributed by atoms with van der Waals surface area (Å²) < 4.78 is 5.37. The van der Waals surface area contributed by atoms with Crippen LogP contribution in [0.25, 0.3) is 11.1 Å². The molecule has 5 heteroatoms. The van der Waals surface area contributed by atoms with Crippen molar-refractivity contribution in [1.82, 2.24) is 5.32 Å². The quantitative estimate of drug-likeness (QED) is 0.776. The molecule has 1 aliphatic rings. The molecule has 0 saturated heterocycles. The van der Waals surface area contributed by atoms with Gasteiger partial charge in [-0.1, -0.05) is 61.5 Å².